The highest BCUT2D eigenvalue weighted by Gasteiger charge is 2.40. The lowest BCUT2D eigenvalue weighted by molar-refractivity contribution is 0.520. The van der Waals surface area contributed by atoms with Crippen molar-refractivity contribution in [2.75, 3.05) is 11.9 Å². The molecule has 0 saturated heterocycles. The Morgan fingerprint density at radius 2 is 2.12 bits per heavy atom. The largest absolute Gasteiger partial charge is 0.369 e. The van der Waals surface area contributed by atoms with E-state index in [9.17, 15) is 0 Å². The Morgan fingerprint density at radius 1 is 1.38 bits per heavy atom. The molecule has 1 aromatic heterocycles. The van der Waals surface area contributed by atoms with Gasteiger partial charge in [-0.3, -0.25) is 0 Å². The summed E-state index contributed by atoms with van der Waals surface area (Å²) in [5, 5.41) is 3.43. The average molecular weight is 284 g/mol. The SMILES string of the molecule is CCc1nc(Br)cc(NCC2(CC)CC2)n1. The quantitative estimate of drug-likeness (QED) is 0.842. The molecule has 0 aromatic carbocycles. The Bertz CT molecular complexity index is 375. The minimum Gasteiger partial charge on any atom is -0.369 e. The van der Waals surface area contributed by atoms with Gasteiger partial charge in [-0.2, -0.15) is 0 Å². The summed E-state index contributed by atoms with van der Waals surface area (Å²) < 4.78 is 0.864. The van der Waals surface area contributed by atoms with E-state index < -0.39 is 0 Å². The molecule has 0 aliphatic heterocycles. The first kappa shape index (κ1) is 11.8. The molecule has 1 fully saturated rings. The molecule has 88 valence electrons. The Hall–Kier alpha value is -0.640. The summed E-state index contributed by atoms with van der Waals surface area (Å²) in [4.78, 5) is 8.76. The number of rotatable bonds is 5. The van der Waals surface area contributed by atoms with E-state index in [4.69, 9.17) is 0 Å². The Labute approximate surface area is 105 Å². The van der Waals surface area contributed by atoms with Gasteiger partial charge in [0.1, 0.15) is 16.2 Å². The fourth-order valence-corrected chi connectivity index (χ4v) is 2.25. The molecule has 3 nitrogen and oxygen atoms in total. The minimum atomic E-state index is 0.545. The van der Waals surface area contributed by atoms with Crippen LogP contribution in [-0.4, -0.2) is 16.5 Å². The number of anilines is 1. The van der Waals surface area contributed by atoms with Gasteiger partial charge in [0.2, 0.25) is 0 Å². The van der Waals surface area contributed by atoms with Gasteiger partial charge in [-0.1, -0.05) is 13.8 Å². The van der Waals surface area contributed by atoms with E-state index >= 15 is 0 Å². The maximum absolute atomic E-state index is 4.46. The van der Waals surface area contributed by atoms with Crippen molar-refractivity contribution in [3.8, 4) is 0 Å². The molecule has 16 heavy (non-hydrogen) atoms. The van der Waals surface area contributed by atoms with Gasteiger partial charge in [0.25, 0.3) is 0 Å². The average Bonchev–Trinajstić information content (AvgIpc) is 3.06. The number of halogens is 1. The number of nitrogens with zero attached hydrogens (tertiary/aromatic N) is 2. The molecule has 0 unspecified atom stereocenters. The summed E-state index contributed by atoms with van der Waals surface area (Å²) >= 11 is 3.42. The van der Waals surface area contributed by atoms with Gasteiger partial charge in [-0.15, -0.1) is 0 Å². The van der Waals surface area contributed by atoms with Crippen LogP contribution in [0.1, 0.15) is 38.9 Å². The molecular weight excluding hydrogens is 266 g/mol. The number of nitrogens with one attached hydrogen (secondary N) is 1. The molecule has 1 aliphatic carbocycles. The van der Waals surface area contributed by atoms with E-state index in [-0.39, 0.29) is 0 Å². The molecule has 0 bridgehead atoms. The molecule has 0 amide bonds. The molecule has 1 aliphatic rings. The van der Waals surface area contributed by atoms with Crippen molar-refractivity contribution >= 4 is 21.7 Å². The van der Waals surface area contributed by atoms with Gasteiger partial charge in [-0.25, -0.2) is 9.97 Å². The van der Waals surface area contributed by atoms with Crippen molar-refractivity contribution in [3.05, 3.63) is 16.5 Å². The van der Waals surface area contributed by atoms with E-state index in [1.165, 1.54) is 19.3 Å². The zero-order chi connectivity index (χ0) is 11.6. The van der Waals surface area contributed by atoms with Crippen LogP contribution in [-0.2, 0) is 6.42 Å². The maximum Gasteiger partial charge on any atom is 0.131 e. The van der Waals surface area contributed by atoms with Gasteiger partial charge >= 0.3 is 0 Å². The van der Waals surface area contributed by atoms with Crippen molar-refractivity contribution in [3.63, 3.8) is 0 Å². The highest BCUT2D eigenvalue weighted by atomic mass is 79.9. The fourth-order valence-electron chi connectivity index (χ4n) is 1.82. The highest BCUT2D eigenvalue weighted by molar-refractivity contribution is 9.10. The molecule has 2 rings (SSSR count). The Balaban J connectivity index is 2.01. The second kappa shape index (κ2) is 4.70. The lowest BCUT2D eigenvalue weighted by Crippen LogP contribution is -2.15. The maximum atomic E-state index is 4.46. The van der Waals surface area contributed by atoms with Gasteiger partial charge in [-0.05, 0) is 40.6 Å². The lowest BCUT2D eigenvalue weighted by Gasteiger charge is -2.14. The van der Waals surface area contributed by atoms with E-state index in [0.29, 0.717) is 5.41 Å². The molecule has 0 spiro atoms. The Kier molecular flexibility index (Phi) is 3.47. The first-order valence-electron chi connectivity index (χ1n) is 5.95. The predicted octanol–water partition coefficient (Wildman–Crippen LogP) is 3.40. The van der Waals surface area contributed by atoms with Gasteiger partial charge in [0, 0.05) is 19.0 Å². The van der Waals surface area contributed by atoms with Crippen LogP contribution in [0.5, 0.6) is 0 Å². The lowest BCUT2D eigenvalue weighted by atomic mass is 10.0. The summed E-state index contributed by atoms with van der Waals surface area (Å²) in [7, 11) is 0. The normalized spacial score (nSPS) is 17.2. The predicted molar refractivity (Wildman–Crippen MR) is 69.6 cm³/mol. The van der Waals surface area contributed by atoms with Crippen LogP contribution in [0.3, 0.4) is 0 Å². The molecule has 1 saturated carbocycles. The van der Waals surface area contributed by atoms with E-state index in [1.54, 1.807) is 0 Å². The molecule has 4 heteroatoms. The molecule has 0 atom stereocenters. The summed E-state index contributed by atoms with van der Waals surface area (Å²) in [6.07, 6.45) is 4.83. The summed E-state index contributed by atoms with van der Waals surface area (Å²) in [6, 6.07) is 1.95. The minimum absolute atomic E-state index is 0.545. The van der Waals surface area contributed by atoms with Crippen molar-refractivity contribution < 1.29 is 0 Å². The third-order valence-corrected chi connectivity index (χ3v) is 3.82. The highest BCUT2D eigenvalue weighted by Crippen LogP contribution is 2.48. The first-order chi connectivity index (χ1) is 7.67. The van der Waals surface area contributed by atoms with Crippen molar-refractivity contribution in [1.82, 2.24) is 9.97 Å². The van der Waals surface area contributed by atoms with Crippen LogP contribution in [0, 0.1) is 5.41 Å². The van der Waals surface area contributed by atoms with Crippen LogP contribution >= 0.6 is 15.9 Å². The van der Waals surface area contributed by atoms with Crippen LogP contribution < -0.4 is 5.32 Å². The third-order valence-electron chi connectivity index (χ3n) is 3.41. The molecule has 0 radical (unpaired) electrons. The van der Waals surface area contributed by atoms with Gasteiger partial charge in [0.15, 0.2) is 0 Å². The second-order valence-corrected chi connectivity index (χ2v) is 5.37. The zero-order valence-electron chi connectivity index (χ0n) is 9.89. The topological polar surface area (TPSA) is 37.8 Å². The van der Waals surface area contributed by atoms with Gasteiger partial charge < -0.3 is 5.32 Å². The van der Waals surface area contributed by atoms with Gasteiger partial charge in [0.05, 0.1) is 0 Å². The summed E-state index contributed by atoms with van der Waals surface area (Å²) in [5.41, 5.74) is 0.545. The first-order valence-corrected chi connectivity index (χ1v) is 6.74. The molecule has 1 N–H and O–H groups in total. The van der Waals surface area contributed by atoms with Crippen LogP contribution in [0.2, 0.25) is 0 Å². The molecular formula is C12H18BrN3. The van der Waals surface area contributed by atoms with E-state index in [2.05, 4.69) is 45.1 Å². The smallest absolute Gasteiger partial charge is 0.131 e. The fraction of sp³-hybridized carbons (Fsp3) is 0.667. The molecule has 1 aromatic rings. The van der Waals surface area contributed by atoms with Crippen molar-refractivity contribution in [1.29, 1.82) is 0 Å². The Morgan fingerprint density at radius 3 is 2.69 bits per heavy atom. The van der Waals surface area contributed by atoms with Crippen LogP contribution in [0.25, 0.3) is 0 Å². The van der Waals surface area contributed by atoms with Crippen LogP contribution in [0.15, 0.2) is 10.7 Å². The van der Waals surface area contributed by atoms with E-state index in [1.807, 2.05) is 6.07 Å². The number of aromatic nitrogens is 2. The number of hydrogen-bond acceptors (Lipinski definition) is 3. The monoisotopic (exact) mass is 283 g/mol. The third kappa shape index (κ3) is 2.73. The summed E-state index contributed by atoms with van der Waals surface area (Å²) in [5.74, 6) is 1.83. The van der Waals surface area contributed by atoms with E-state index in [0.717, 1.165) is 29.2 Å². The molecule has 1 heterocycles. The zero-order valence-corrected chi connectivity index (χ0v) is 11.5. The second-order valence-electron chi connectivity index (χ2n) is 4.55. The number of aryl methyl sites for hydroxylation is 1. The van der Waals surface area contributed by atoms with Crippen molar-refractivity contribution in [2.45, 2.75) is 39.5 Å². The van der Waals surface area contributed by atoms with Crippen molar-refractivity contribution in [2.24, 2.45) is 5.41 Å². The summed E-state index contributed by atoms with van der Waals surface area (Å²) in [6.45, 7) is 5.37. The number of hydrogen-bond donors (Lipinski definition) is 1. The van der Waals surface area contributed by atoms with Crippen LogP contribution in [0.4, 0.5) is 5.82 Å². The standard InChI is InChI=1S/C12H18BrN3/c1-3-10-15-9(13)7-11(16-10)14-8-12(4-2)5-6-12/h7H,3-6,8H2,1-2H3,(H,14,15,16).